The average Bonchev–Trinajstić information content (AvgIpc) is 2.73. The molecule has 0 rings (SSSR count). The summed E-state index contributed by atoms with van der Waals surface area (Å²) in [7, 11) is 0. The molecular formula is C20H38N6O7. The van der Waals surface area contributed by atoms with Gasteiger partial charge >= 0.3 is 5.97 Å². The molecule has 0 aromatic heterocycles. The number of carbonyl (C=O) groups is 5. The van der Waals surface area contributed by atoms with E-state index in [-0.39, 0.29) is 0 Å². The first kappa shape index (κ1) is 30.2. The first-order chi connectivity index (χ1) is 15.3. The molecule has 0 spiro atoms. The molecule has 0 fully saturated rings. The van der Waals surface area contributed by atoms with Crippen LogP contribution in [-0.2, 0) is 24.0 Å². The number of hydrogen-bond acceptors (Lipinski definition) is 8. The zero-order chi connectivity index (χ0) is 25.7. The minimum Gasteiger partial charge on any atom is -0.480 e. The van der Waals surface area contributed by atoms with Crippen LogP contribution in [0, 0.1) is 5.92 Å². The summed E-state index contributed by atoms with van der Waals surface area (Å²) in [6, 6.07) is -5.09. The summed E-state index contributed by atoms with van der Waals surface area (Å²) < 4.78 is 0. The molecule has 0 bridgehead atoms. The van der Waals surface area contributed by atoms with Crippen molar-refractivity contribution in [2.45, 2.75) is 83.1 Å². The predicted octanol–water partition coefficient (Wildman–Crippen LogP) is -2.72. The summed E-state index contributed by atoms with van der Waals surface area (Å²) in [6.07, 6.45) is 0.127. The average molecular weight is 475 g/mol. The maximum atomic E-state index is 12.8. The van der Waals surface area contributed by atoms with Crippen LogP contribution in [0.2, 0.25) is 0 Å². The summed E-state index contributed by atoms with van der Waals surface area (Å²) >= 11 is 0. The molecule has 0 aromatic rings. The molecule has 0 aliphatic heterocycles. The van der Waals surface area contributed by atoms with Gasteiger partial charge in [-0.3, -0.25) is 19.2 Å². The summed E-state index contributed by atoms with van der Waals surface area (Å²) in [5, 5.41) is 26.3. The van der Waals surface area contributed by atoms with Gasteiger partial charge in [-0.1, -0.05) is 26.7 Å². The lowest BCUT2D eigenvalue weighted by molar-refractivity contribution is -0.144. The van der Waals surface area contributed by atoms with Gasteiger partial charge in [-0.2, -0.15) is 0 Å². The van der Waals surface area contributed by atoms with Crippen LogP contribution in [-0.4, -0.2) is 76.6 Å². The molecule has 13 heteroatoms. The van der Waals surface area contributed by atoms with E-state index < -0.39 is 72.2 Å². The number of primary amides is 1. The van der Waals surface area contributed by atoms with Crippen LogP contribution in [0.5, 0.6) is 0 Å². The SMILES string of the molecule is CCC(C)C(NC(=O)C(NC(=O)C(N)CCCCN)C(C)O)C(=O)NC(CC(N)=O)C(=O)O. The highest BCUT2D eigenvalue weighted by Crippen LogP contribution is 2.10. The Kier molecular flexibility index (Phi) is 13.9. The number of aliphatic hydroxyl groups excluding tert-OH is 1. The molecule has 33 heavy (non-hydrogen) atoms. The number of amides is 4. The fraction of sp³-hybridized carbons (Fsp3) is 0.750. The molecule has 6 unspecified atom stereocenters. The van der Waals surface area contributed by atoms with Gasteiger partial charge in [0.05, 0.1) is 18.6 Å². The Bertz CT molecular complexity index is 688. The lowest BCUT2D eigenvalue weighted by Gasteiger charge is -2.28. The van der Waals surface area contributed by atoms with E-state index in [1.54, 1.807) is 13.8 Å². The number of carbonyl (C=O) groups excluding carboxylic acids is 4. The maximum Gasteiger partial charge on any atom is 0.326 e. The number of carboxylic acid groups (broad SMARTS) is 1. The molecule has 4 amide bonds. The monoisotopic (exact) mass is 474 g/mol. The van der Waals surface area contributed by atoms with E-state index in [9.17, 15) is 34.2 Å². The number of carboxylic acids is 1. The van der Waals surface area contributed by atoms with Gasteiger partial charge in [0, 0.05) is 0 Å². The Morgan fingerprint density at radius 1 is 0.909 bits per heavy atom. The van der Waals surface area contributed by atoms with Crippen LogP contribution in [0.1, 0.15) is 52.9 Å². The Morgan fingerprint density at radius 3 is 1.91 bits per heavy atom. The quantitative estimate of drug-likeness (QED) is 0.108. The molecule has 11 N–H and O–H groups in total. The molecule has 0 aliphatic carbocycles. The molecule has 0 saturated carbocycles. The van der Waals surface area contributed by atoms with Crippen LogP contribution in [0.4, 0.5) is 0 Å². The van der Waals surface area contributed by atoms with Gasteiger partial charge in [-0.15, -0.1) is 0 Å². The van der Waals surface area contributed by atoms with Gasteiger partial charge in [0.25, 0.3) is 0 Å². The van der Waals surface area contributed by atoms with E-state index in [2.05, 4.69) is 16.0 Å². The van der Waals surface area contributed by atoms with E-state index >= 15 is 0 Å². The summed E-state index contributed by atoms with van der Waals surface area (Å²) in [4.78, 5) is 60.3. The van der Waals surface area contributed by atoms with Gasteiger partial charge in [0.15, 0.2) is 0 Å². The highest BCUT2D eigenvalue weighted by Gasteiger charge is 2.34. The van der Waals surface area contributed by atoms with E-state index in [1.165, 1.54) is 6.92 Å². The molecule has 6 atom stereocenters. The van der Waals surface area contributed by atoms with Gasteiger partial charge in [0.1, 0.15) is 18.1 Å². The Hall–Kier alpha value is -2.77. The zero-order valence-electron chi connectivity index (χ0n) is 19.4. The number of unbranched alkanes of at least 4 members (excludes halogenated alkanes) is 1. The zero-order valence-corrected chi connectivity index (χ0v) is 19.4. The lowest BCUT2D eigenvalue weighted by Crippen LogP contribution is -2.61. The molecule has 0 radical (unpaired) electrons. The Labute approximate surface area is 193 Å². The van der Waals surface area contributed by atoms with Gasteiger partial charge < -0.3 is 43.4 Å². The normalized spacial score (nSPS) is 16.4. The largest absolute Gasteiger partial charge is 0.480 e. The van der Waals surface area contributed by atoms with E-state index in [0.717, 1.165) is 0 Å². The van der Waals surface area contributed by atoms with Gasteiger partial charge in [-0.25, -0.2) is 4.79 Å². The highest BCUT2D eigenvalue weighted by molar-refractivity contribution is 5.95. The van der Waals surface area contributed by atoms with Crippen molar-refractivity contribution in [3.63, 3.8) is 0 Å². The fourth-order valence-electron chi connectivity index (χ4n) is 2.91. The van der Waals surface area contributed by atoms with Crippen LogP contribution in [0.15, 0.2) is 0 Å². The number of aliphatic carboxylic acids is 1. The topological polar surface area (TPSA) is 240 Å². The highest BCUT2D eigenvalue weighted by atomic mass is 16.4. The third-order valence-corrected chi connectivity index (χ3v) is 5.18. The second kappa shape index (κ2) is 15.1. The number of nitrogens with two attached hydrogens (primary N) is 3. The van der Waals surface area contributed by atoms with Crippen molar-refractivity contribution >= 4 is 29.6 Å². The van der Waals surface area contributed by atoms with Crippen LogP contribution in [0.25, 0.3) is 0 Å². The number of hydrogen-bond donors (Lipinski definition) is 8. The van der Waals surface area contributed by atoms with Crippen molar-refractivity contribution in [3.8, 4) is 0 Å². The van der Waals surface area contributed by atoms with Crippen molar-refractivity contribution in [1.29, 1.82) is 0 Å². The van der Waals surface area contributed by atoms with E-state index in [1.807, 2.05) is 0 Å². The molecular weight excluding hydrogens is 436 g/mol. The van der Waals surface area contributed by atoms with Crippen molar-refractivity contribution < 1.29 is 34.2 Å². The molecule has 13 nitrogen and oxygen atoms in total. The van der Waals surface area contributed by atoms with Crippen molar-refractivity contribution in [3.05, 3.63) is 0 Å². The number of rotatable bonds is 16. The molecule has 0 saturated heterocycles. The standard InChI is InChI=1S/C20H38N6O7/c1-4-10(2)15(18(30)24-13(20(32)33)9-14(23)28)25-19(31)16(11(3)27)26-17(29)12(22)7-5-6-8-21/h10-13,15-16,27H,4-9,21-22H2,1-3H3,(H2,23,28)(H,24,30)(H,25,31)(H,26,29)(H,32,33). The second-order valence-corrected chi connectivity index (χ2v) is 8.06. The number of aliphatic hydroxyl groups is 1. The molecule has 190 valence electrons. The van der Waals surface area contributed by atoms with Crippen LogP contribution >= 0.6 is 0 Å². The molecule has 0 aliphatic rings. The Morgan fingerprint density at radius 2 is 1.45 bits per heavy atom. The Balaban J connectivity index is 5.41. The minimum atomic E-state index is -1.57. The smallest absolute Gasteiger partial charge is 0.326 e. The second-order valence-electron chi connectivity index (χ2n) is 8.06. The van der Waals surface area contributed by atoms with Crippen LogP contribution in [0.3, 0.4) is 0 Å². The van der Waals surface area contributed by atoms with Gasteiger partial charge in [0.2, 0.25) is 23.6 Å². The lowest BCUT2D eigenvalue weighted by atomic mass is 9.97. The van der Waals surface area contributed by atoms with E-state index in [4.69, 9.17) is 17.2 Å². The molecule has 0 aromatic carbocycles. The van der Waals surface area contributed by atoms with Crippen molar-refractivity contribution in [2.24, 2.45) is 23.1 Å². The van der Waals surface area contributed by atoms with E-state index in [0.29, 0.717) is 32.2 Å². The summed E-state index contributed by atoms with van der Waals surface area (Å²) in [5.41, 5.74) is 16.3. The van der Waals surface area contributed by atoms with Crippen molar-refractivity contribution in [2.75, 3.05) is 6.54 Å². The molecule has 0 heterocycles. The fourth-order valence-corrected chi connectivity index (χ4v) is 2.91. The van der Waals surface area contributed by atoms with Gasteiger partial charge in [-0.05, 0) is 32.2 Å². The van der Waals surface area contributed by atoms with Crippen LogP contribution < -0.4 is 33.2 Å². The summed E-state index contributed by atoms with van der Waals surface area (Å²) in [6.45, 7) is 5.14. The first-order valence-corrected chi connectivity index (χ1v) is 10.9. The third kappa shape index (κ3) is 11.1. The number of nitrogens with one attached hydrogen (secondary N) is 3. The first-order valence-electron chi connectivity index (χ1n) is 10.9. The summed E-state index contributed by atoms with van der Waals surface area (Å²) in [5.74, 6) is -5.18. The third-order valence-electron chi connectivity index (χ3n) is 5.18. The maximum absolute atomic E-state index is 12.8. The minimum absolute atomic E-state index is 0.339. The predicted molar refractivity (Wildman–Crippen MR) is 119 cm³/mol. The van der Waals surface area contributed by atoms with Crippen molar-refractivity contribution in [1.82, 2.24) is 16.0 Å².